The molecule has 2 rings (SSSR count). The quantitative estimate of drug-likeness (QED) is 0.818. The van der Waals surface area contributed by atoms with Gasteiger partial charge in [-0.2, -0.15) is 5.26 Å². The number of aliphatic hydroxyl groups is 1. The minimum Gasteiger partial charge on any atom is -0.394 e. The lowest BCUT2D eigenvalue weighted by molar-refractivity contribution is 0.268. The molecule has 0 saturated heterocycles. The lowest BCUT2D eigenvalue weighted by Crippen LogP contribution is -2.18. The van der Waals surface area contributed by atoms with Gasteiger partial charge in [0, 0.05) is 18.8 Å². The van der Waals surface area contributed by atoms with Crippen molar-refractivity contribution in [1.29, 1.82) is 5.26 Å². The fourth-order valence-electron chi connectivity index (χ4n) is 1.85. The summed E-state index contributed by atoms with van der Waals surface area (Å²) >= 11 is 0. The lowest BCUT2D eigenvalue weighted by atomic mass is 10.1. The molecule has 1 unspecified atom stereocenters. The van der Waals surface area contributed by atoms with Gasteiger partial charge in [-0.05, 0) is 24.6 Å². The normalized spacial score (nSPS) is 12.1. The summed E-state index contributed by atoms with van der Waals surface area (Å²) in [5.41, 5.74) is 2.61. The van der Waals surface area contributed by atoms with Gasteiger partial charge >= 0.3 is 0 Å². The van der Waals surface area contributed by atoms with Crippen LogP contribution in [0.4, 0.5) is 0 Å². The Balaban J connectivity index is 1.90. The summed E-state index contributed by atoms with van der Waals surface area (Å²) in [6.07, 6.45) is 1.81. The van der Waals surface area contributed by atoms with Gasteiger partial charge in [-0.1, -0.05) is 17.3 Å². The number of aliphatic hydroxyl groups excluding tert-OH is 1. The maximum absolute atomic E-state index is 8.81. The molecule has 2 aromatic rings. The van der Waals surface area contributed by atoms with E-state index in [0.717, 1.165) is 11.3 Å². The summed E-state index contributed by atoms with van der Waals surface area (Å²) < 4.78 is 1.61. The van der Waals surface area contributed by atoms with Gasteiger partial charge in [-0.15, -0.1) is 5.10 Å². The highest BCUT2D eigenvalue weighted by atomic mass is 16.3. The van der Waals surface area contributed by atoms with Crippen molar-refractivity contribution in [2.24, 2.45) is 0 Å². The van der Waals surface area contributed by atoms with E-state index in [9.17, 15) is 0 Å². The smallest absolute Gasteiger partial charge is 0.0991 e. The second kappa shape index (κ2) is 6.80. The number of benzene rings is 1. The first-order chi connectivity index (χ1) is 9.72. The molecule has 0 spiro atoms. The molecule has 104 valence electrons. The Morgan fingerprint density at radius 3 is 2.80 bits per heavy atom. The van der Waals surface area contributed by atoms with Crippen LogP contribution in [0.3, 0.4) is 0 Å². The van der Waals surface area contributed by atoms with Crippen molar-refractivity contribution < 1.29 is 5.11 Å². The van der Waals surface area contributed by atoms with E-state index < -0.39 is 0 Å². The molecule has 1 heterocycles. The highest BCUT2D eigenvalue weighted by Gasteiger charge is 2.06. The van der Waals surface area contributed by atoms with E-state index in [0.29, 0.717) is 18.7 Å². The molecule has 0 fully saturated rings. The molecule has 2 N–H and O–H groups in total. The van der Waals surface area contributed by atoms with Crippen molar-refractivity contribution in [1.82, 2.24) is 20.3 Å². The Morgan fingerprint density at radius 1 is 1.40 bits per heavy atom. The van der Waals surface area contributed by atoms with E-state index in [-0.39, 0.29) is 12.6 Å². The first kappa shape index (κ1) is 14.2. The van der Waals surface area contributed by atoms with E-state index in [4.69, 9.17) is 10.4 Å². The summed E-state index contributed by atoms with van der Waals surface area (Å²) in [6, 6.07) is 9.77. The zero-order valence-corrected chi connectivity index (χ0v) is 11.3. The van der Waals surface area contributed by atoms with Gasteiger partial charge in [0.15, 0.2) is 0 Å². The van der Waals surface area contributed by atoms with Crippen molar-refractivity contribution in [2.75, 3.05) is 6.61 Å². The molecule has 6 nitrogen and oxygen atoms in total. The molecule has 0 saturated carbocycles. The Labute approximate surface area is 117 Å². The molecule has 1 atom stereocenters. The molecule has 6 heteroatoms. The SMILES string of the molecule is CC(NCc1cn(CCO)nn1)c1ccc(C#N)cc1. The minimum absolute atomic E-state index is 0.0534. The largest absolute Gasteiger partial charge is 0.394 e. The molecule has 0 aliphatic rings. The molecule has 0 aliphatic heterocycles. The standard InChI is InChI=1S/C14H17N5O/c1-11(13-4-2-12(8-15)3-5-13)16-9-14-10-19(6-7-20)18-17-14/h2-5,10-11,16,20H,6-7,9H2,1H3. The Kier molecular flexibility index (Phi) is 4.82. The molecule has 1 aromatic heterocycles. The molecule has 1 aromatic carbocycles. The highest BCUT2D eigenvalue weighted by Crippen LogP contribution is 2.13. The molecule has 0 aliphatic carbocycles. The summed E-state index contributed by atoms with van der Waals surface area (Å²) in [5.74, 6) is 0. The Morgan fingerprint density at radius 2 is 2.15 bits per heavy atom. The lowest BCUT2D eigenvalue weighted by Gasteiger charge is -2.13. The van der Waals surface area contributed by atoms with Gasteiger partial charge in [-0.25, -0.2) is 4.68 Å². The first-order valence-corrected chi connectivity index (χ1v) is 6.46. The topological polar surface area (TPSA) is 86.8 Å². The minimum atomic E-state index is 0.0534. The average Bonchev–Trinajstić information content (AvgIpc) is 2.93. The third kappa shape index (κ3) is 3.63. The predicted octanol–water partition coefficient (Wildman–Crippen LogP) is 0.993. The Hall–Kier alpha value is -2.23. The van der Waals surface area contributed by atoms with Crippen LogP contribution in [0, 0.1) is 11.3 Å². The maximum Gasteiger partial charge on any atom is 0.0991 e. The second-order valence-electron chi connectivity index (χ2n) is 4.53. The molecular formula is C14H17N5O. The maximum atomic E-state index is 8.81. The third-order valence-corrected chi connectivity index (χ3v) is 3.04. The van der Waals surface area contributed by atoms with Crippen LogP contribution in [0.15, 0.2) is 30.5 Å². The van der Waals surface area contributed by atoms with Gasteiger partial charge in [0.1, 0.15) is 0 Å². The third-order valence-electron chi connectivity index (χ3n) is 3.04. The van der Waals surface area contributed by atoms with Crippen LogP contribution in [-0.2, 0) is 13.1 Å². The van der Waals surface area contributed by atoms with Gasteiger partial charge < -0.3 is 10.4 Å². The van der Waals surface area contributed by atoms with Crippen molar-refractivity contribution in [3.8, 4) is 6.07 Å². The number of rotatable bonds is 6. The number of nitriles is 1. The summed E-state index contributed by atoms with van der Waals surface area (Å²) in [5, 5.41) is 28.9. The highest BCUT2D eigenvalue weighted by molar-refractivity contribution is 5.32. The van der Waals surface area contributed by atoms with Crippen LogP contribution in [0.1, 0.15) is 29.8 Å². The van der Waals surface area contributed by atoms with Crippen molar-refractivity contribution >= 4 is 0 Å². The van der Waals surface area contributed by atoms with Crippen LogP contribution in [-0.4, -0.2) is 26.7 Å². The fraction of sp³-hybridized carbons (Fsp3) is 0.357. The average molecular weight is 271 g/mol. The van der Waals surface area contributed by atoms with Crippen LogP contribution in [0.25, 0.3) is 0 Å². The van der Waals surface area contributed by atoms with Gasteiger partial charge in [0.05, 0.1) is 30.5 Å². The number of nitrogens with one attached hydrogen (secondary N) is 1. The van der Waals surface area contributed by atoms with Crippen molar-refractivity contribution in [3.63, 3.8) is 0 Å². The first-order valence-electron chi connectivity index (χ1n) is 6.46. The molecular weight excluding hydrogens is 254 g/mol. The van der Waals surface area contributed by atoms with E-state index in [2.05, 4.69) is 28.6 Å². The second-order valence-corrected chi connectivity index (χ2v) is 4.53. The van der Waals surface area contributed by atoms with E-state index in [1.807, 2.05) is 30.5 Å². The van der Waals surface area contributed by atoms with Gasteiger partial charge in [0.25, 0.3) is 0 Å². The van der Waals surface area contributed by atoms with E-state index in [1.165, 1.54) is 0 Å². The van der Waals surface area contributed by atoms with Crippen LogP contribution in [0.2, 0.25) is 0 Å². The summed E-state index contributed by atoms with van der Waals surface area (Å²) in [7, 11) is 0. The Bertz CT molecular complexity index is 584. The molecule has 0 bridgehead atoms. The van der Waals surface area contributed by atoms with Crippen LogP contribution in [0.5, 0.6) is 0 Å². The molecule has 0 radical (unpaired) electrons. The van der Waals surface area contributed by atoms with Crippen LogP contribution < -0.4 is 5.32 Å². The molecule has 20 heavy (non-hydrogen) atoms. The zero-order chi connectivity index (χ0) is 14.4. The predicted molar refractivity (Wildman–Crippen MR) is 73.5 cm³/mol. The van der Waals surface area contributed by atoms with E-state index in [1.54, 1.807) is 4.68 Å². The number of hydrogen-bond donors (Lipinski definition) is 2. The summed E-state index contributed by atoms with van der Waals surface area (Å²) in [4.78, 5) is 0. The number of aromatic nitrogens is 3. The van der Waals surface area contributed by atoms with Gasteiger partial charge in [0.2, 0.25) is 0 Å². The van der Waals surface area contributed by atoms with Crippen molar-refractivity contribution in [3.05, 3.63) is 47.3 Å². The van der Waals surface area contributed by atoms with Crippen LogP contribution >= 0.6 is 0 Å². The number of nitrogens with zero attached hydrogens (tertiary/aromatic N) is 4. The zero-order valence-electron chi connectivity index (χ0n) is 11.3. The monoisotopic (exact) mass is 271 g/mol. The van der Waals surface area contributed by atoms with Gasteiger partial charge in [-0.3, -0.25) is 0 Å². The van der Waals surface area contributed by atoms with Crippen molar-refractivity contribution in [2.45, 2.75) is 26.1 Å². The van der Waals surface area contributed by atoms with E-state index >= 15 is 0 Å². The number of hydrogen-bond acceptors (Lipinski definition) is 5. The molecule has 0 amide bonds. The fourth-order valence-corrected chi connectivity index (χ4v) is 1.85. The summed E-state index contributed by atoms with van der Waals surface area (Å²) in [6.45, 7) is 3.17.